The number of ether oxygens (including phenoxy) is 1. The third kappa shape index (κ3) is 15.6. The number of halogens is 7. The van der Waals surface area contributed by atoms with Gasteiger partial charge in [-0.3, -0.25) is 9.59 Å². The molecule has 0 aromatic heterocycles. The second-order valence-corrected chi connectivity index (χ2v) is 22.4. The maximum absolute atomic E-state index is 13.5. The number of carbonyl (C=O) groups is 3. The van der Waals surface area contributed by atoms with Gasteiger partial charge >= 0.3 is 18.4 Å². The molecule has 0 bridgehead atoms. The topological polar surface area (TPSA) is 175 Å². The van der Waals surface area contributed by atoms with Crippen LogP contribution in [0.5, 0.6) is 0 Å². The molecule has 0 saturated carbocycles. The molecule has 2 aliphatic heterocycles. The van der Waals surface area contributed by atoms with Gasteiger partial charge in [-0.25, -0.2) is 21.6 Å². The Morgan fingerprint density at radius 2 is 1.00 bits per heavy atom. The Hall–Kier alpha value is -5.26. The molecule has 2 saturated heterocycles. The van der Waals surface area contributed by atoms with E-state index in [0.29, 0.717) is 30.5 Å². The summed E-state index contributed by atoms with van der Waals surface area (Å²) >= 11 is 0. The fourth-order valence-corrected chi connectivity index (χ4v) is 10.7. The van der Waals surface area contributed by atoms with Crippen LogP contribution in [0.15, 0.2) is 107 Å². The molecule has 2 fully saturated rings. The third-order valence-electron chi connectivity index (χ3n) is 11.6. The van der Waals surface area contributed by atoms with Crippen LogP contribution in [0.4, 0.5) is 31.1 Å². The Balaban J connectivity index is 0.000000314. The summed E-state index contributed by atoms with van der Waals surface area (Å²) in [6.07, 6.45) is -9.89. The van der Waals surface area contributed by atoms with Gasteiger partial charge in [0.2, 0.25) is 31.9 Å². The number of amides is 3. The van der Waals surface area contributed by atoms with E-state index in [-0.39, 0.29) is 68.0 Å². The maximum Gasteiger partial charge on any atom is 0.416 e. The molecule has 0 spiro atoms. The van der Waals surface area contributed by atoms with Crippen molar-refractivity contribution in [1.29, 1.82) is 0 Å². The average molecular weight is 1080 g/mol. The Morgan fingerprint density at radius 3 is 1.38 bits per heavy atom. The van der Waals surface area contributed by atoms with E-state index < -0.39 is 79.1 Å². The van der Waals surface area contributed by atoms with E-state index in [1.165, 1.54) is 10.5 Å². The van der Waals surface area contributed by atoms with E-state index in [2.05, 4.69) is 43.6 Å². The molecule has 0 aliphatic carbocycles. The minimum Gasteiger partial charge on any atom is -0.444 e. The number of rotatable bonds is 12. The number of nitrogens with zero attached hydrogens (tertiary/aromatic N) is 3. The highest BCUT2D eigenvalue weighted by atomic mass is 35.5. The zero-order chi connectivity index (χ0) is 52.7. The van der Waals surface area contributed by atoms with E-state index >= 15 is 0 Å². The van der Waals surface area contributed by atoms with E-state index in [9.17, 15) is 57.6 Å². The van der Waals surface area contributed by atoms with E-state index in [1.807, 2.05) is 48.5 Å². The summed E-state index contributed by atoms with van der Waals surface area (Å²) in [6, 6.07) is 19.4. The lowest BCUT2D eigenvalue weighted by atomic mass is 10.0. The lowest BCUT2D eigenvalue weighted by Crippen LogP contribution is -2.61. The number of piperazine rings is 2. The summed E-state index contributed by atoms with van der Waals surface area (Å²) in [4.78, 5) is 39.4. The van der Waals surface area contributed by atoms with Gasteiger partial charge in [0, 0.05) is 52.4 Å². The van der Waals surface area contributed by atoms with Crippen LogP contribution in [0.3, 0.4) is 0 Å². The molecule has 6 rings (SSSR count). The minimum absolute atomic E-state index is 0. The molecule has 0 radical (unpaired) electrons. The molecule has 23 heteroatoms. The van der Waals surface area contributed by atoms with E-state index in [4.69, 9.17) is 4.74 Å². The summed E-state index contributed by atoms with van der Waals surface area (Å²) in [5.74, 6) is -0.401. The highest BCUT2D eigenvalue weighted by Gasteiger charge is 2.43. The van der Waals surface area contributed by atoms with Gasteiger partial charge in [-0.05, 0) is 103 Å². The molecule has 0 unspecified atom stereocenters. The molecule has 2 heterocycles. The van der Waals surface area contributed by atoms with Crippen molar-refractivity contribution < 1.29 is 62.3 Å². The van der Waals surface area contributed by atoms with Crippen LogP contribution >= 0.6 is 12.4 Å². The van der Waals surface area contributed by atoms with Crippen molar-refractivity contribution in [2.75, 3.05) is 39.3 Å². The number of hydrogen-bond donors (Lipinski definition) is 3. The quantitative estimate of drug-likeness (QED) is 0.118. The molecule has 3 N–H and O–H groups in total. The monoisotopic (exact) mass is 1070 g/mol. The number of hydrogen-bond acceptors (Lipinski definition) is 9. The van der Waals surface area contributed by atoms with Gasteiger partial charge in [-0.2, -0.15) is 35.0 Å². The van der Waals surface area contributed by atoms with Crippen molar-refractivity contribution in [3.05, 3.63) is 130 Å². The van der Waals surface area contributed by atoms with Crippen LogP contribution in [0.2, 0.25) is 0 Å². The summed E-state index contributed by atoms with van der Waals surface area (Å²) in [6.45, 7) is 13.6. The number of sulfonamides is 2. The van der Waals surface area contributed by atoms with Crippen LogP contribution in [-0.2, 0) is 59.8 Å². The normalized spacial score (nSPS) is 17.3. The first-order chi connectivity index (χ1) is 33.0. The fourth-order valence-electron chi connectivity index (χ4n) is 7.51. The molecule has 4 aromatic carbocycles. The number of carbonyl (C=O) groups excluding carboxylic acids is 3. The summed E-state index contributed by atoms with van der Waals surface area (Å²) in [5, 5.41) is 8.50. The van der Waals surface area contributed by atoms with Gasteiger partial charge in [-0.1, -0.05) is 76.2 Å². The maximum atomic E-state index is 13.5. The molecule has 14 nitrogen and oxygen atoms in total. The molecule has 396 valence electrons. The highest BCUT2D eigenvalue weighted by Crippen LogP contribution is 2.32. The number of alkyl halides is 6. The molecular weight excluding hydrogens is 1010 g/mol. The largest absolute Gasteiger partial charge is 0.444 e. The van der Waals surface area contributed by atoms with Crippen LogP contribution in [0.1, 0.15) is 93.7 Å². The number of benzene rings is 4. The van der Waals surface area contributed by atoms with E-state index in [1.54, 1.807) is 20.8 Å². The first-order valence-corrected chi connectivity index (χ1v) is 25.7. The van der Waals surface area contributed by atoms with Gasteiger partial charge in [0.1, 0.15) is 17.7 Å². The first kappa shape index (κ1) is 59.3. The second-order valence-electron chi connectivity index (χ2n) is 18.7. The van der Waals surface area contributed by atoms with Crippen LogP contribution < -0.4 is 16.0 Å². The average Bonchev–Trinajstić information content (AvgIpc) is 3.31. The zero-order valence-corrected chi connectivity index (χ0v) is 43.3. The fraction of sp³-hybridized carbons (Fsp3) is 0.449. The Kier molecular flexibility index (Phi) is 19.9. The molecular formula is C49H61ClF6N6O8S2. The lowest BCUT2D eigenvalue weighted by Gasteiger charge is -2.39. The van der Waals surface area contributed by atoms with Gasteiger partial charge in [-0.15, -0.1) is 12.4 Å². The zero-order valence-electron chi connectivity index (χ0n) is 40.8. The predicted molar refractivity (Wildman–Crippen MR) is 261 cm³/mol. The van der Waals surface area contributed by atoms with Gasteiger partial charge in [0.05, 0.1) is 20.9 Å². The summed E-state index contributed by atoms with van der Waals surface area (Å²) in [7, 11) is -8.53. The second kappa shape index (κ2) is 24.2. The third-order valence-corrected chi connectivity index (χ3v) is 15.4. The first-order valence-electron chi connectivity index (χ1n) is 22.8. The SMILES string of the molecule is CC(C)c1ccc(CNC(=O)[C@H]2CN(C(=O)OC(C)(C)C)CCN2S(=O)(=O)c2ccc(C(F)(F)F)cc2)cc1.CC(C)c1ccc(CNC(=O)[C@H]2CNCCN2S(=O)(=O)c2ccc(C(F)(F)F)cc2)cc1.Cl. The predicted octanol–water partition coefficient (Wildman–Crippen LogP) is 8.28. The minimum atomic E-state index is -4.63. The standard InChI is InChI=1S/C27H34F3N3O5S.C22H26F3N3O3S.ClH/c1-18(2)20-8-6-19(7-9-20)16-31-24(34)23-17-32(25(35)38-26(3,4)5)14-15-33(23)39(36,37)22-12-10-21(11-13-22)27(28,29)30;1-15(2)17-5-3-16(4-6-17)13-27-21(29)20-14-26-11-12-28(20)32(30,31)19-9-7-18(8-10-19)22(23,24)25;/h6-13,18,23H,14-17H2,1-5H3,(H,31,34);3-10,15,20,26H,11-14H2,1-2H3,(H,27,29);1H/t23-;20-;/m11./s1. The molecule has 2 aliphatic rings. The van der Waals surface area contributed by atoms with Crippen LogP contribution in [0.25, 0.3) is 0 Å². The van der Waals surface area contributed by atoms with Crippen molar-refractivity contribution >= 4 is 50.4 Å². The lowest BCUT2D eigenvalue weighted by molar-refractivity contribution is -0.138. The molecule has 72 heavy (non-hydrogen) atoms. The van der Waals surface area contributed by atoms with Crippen molar-refractivity contribution in [3.63, 3.8) is 0 Å². The van der Waals surface area contributed by atoms with E-state index in [0.717, 1.165) is 61.7 Å². The molecule has 4 aromatic rings. The molecule has 3 amide bonds. The molecule has 2 atom stereocenters. The summed E-state index contributed by atoms with van der Waals surface area (Å²) in [5.41, 5.74) is 1.24. The van der Waals surface area contributed by atoms with Gasteiger partial charge in [0.25, 0.3) is 0 Å². The van der Waals surface area contributed by atoms with Crippen LogP contribution in [0, 0.1) is 0 Å². The highest BCUT2D eigenvalue weighted by molar-refractivity contribution is 7.89. The van der Waals surface area contributed by atoms with Gasteiger partial charge < -0.3 is 25.6 Å². The number of nitrogens with one attached hydrogen (secondary N) is 3. The summed E-state index contributed by atoms with van der Waals surface area (Å²) < 4.78 is 138. The smallest absolute Gasteiger partial charge is 0.416 e. The Morgan fingerprint density at radius 1 is 0.611 bits per heavy atom. The van der Waals surface area contributed by atoms with Crippen molar-refractivity contribution in [1.82, 2.24) is 29.5 Å². The van der Waals surface area contributed by atoms with Crippen molar-refractivity contribution in [2.45, 2.75) is 113 Å². The van der Waals surface area contributed by atoms with Crippen molar-refractivity contribution in [2.24, 2.45) is 0 Å². The van der Waals surface area contributed by atoms with Gasteiger partial charge in [0.15, 0.2) is 0 Å². The Bertz CT molecular complexity index is 2690. The Labute approximate surface area is 423 Å². The van der Waals surface area contributed by atoms with Crippen molar-refractivity contribution in [3.8, 4) is 0 Å². The van der Waals surface area contributed by atoms with Crippen LogP contribution in [-0.4, -0.2) is 105 Å².